The van der Waals surface area contributed by atoms with Gasteiger partial charge < -0.3 is 9.72 Å². The second kappa shape index (κ2) is 4.93. The molecule has 0 radical (unpaired) electrons. The number of sulfone groups is 1. The van der Waals surface area contributed by atoms with Gasteiger partial charge in [0, 0.05) is 17.1 Å². The molecular weight excluding hydrogens is 286 g/mol. The van der Waals surface area contributed by atoms with E-state index >= 15 is 0 Å². The number of aryl methyl sites for hydroxylation is 1. The third kappa shape index (κ3) is 2.19. The first-order valence-electron chi connectivity index (χ1n) is 6.50. The Morgan fingerprint density at radius 3 is 2.57 bits per heavy atom. The van der Waals surface area contributed by atoms with Crippen LogP contribution in [0.15, 0.2) is 58.5 Å². The highest BCUT2D eigenvalue weighted by Crippen LogP contribution is 2.33. The normalized spacial score (nSPS) is 11.7. The highest BCUT2D eigenvalue weighted by Gasteiger charge is 2.25. The second-order valence-corrected chi connectivity index (χ2v) is 6.74. The van der Waals surface area contributed by atoms with Crippen molar-refractivity contribution in [1.29, 1.82) is 0 Å². The van der Waals surface area contributed by atoms with Crippen LogP contribution in [0.2, 0.25) is 0 Å². The van der Waals surface area contributed by atoms with Gasteiger partial charge in [-0.3, -0.25) is 0 Å². The lowest BCUT2D eigenvalue weighted by Gasteiger charge is -2.10. The van der Waals surface area contributed by atoms with Crippen molar-refractivity contribution in [2.24, 2.45) is 0 Å². The van der Waals surface area contributed by atoms with Crippen molar-refractivity contribution in [2.45, 2.75) is 16.7 Å². The van der Waals surface area contributed by atoms with Crippen LogP contribution in [0.4, 0.5) is 0 Å². The lowest BCUT2D eigenvalue weighted by molar-refractivity contribution is 0.402. The van der Waals surface area contributed by atoms with Gasteiger partial charge in [-0.25, -0.2) is 8.42 Å². The molecule has 5 heteroatoms. The monoisotopic (exact) mass is 301 g/mol. The molecule has 1 heterocycles. The maximum atomic E-state index is 12.9. The fraction of sp³-hybridized carbons (Fsp3) is 0.125. The number of ether oxygens (including phenoxy) is 1. The summed E-state index contributed by atoms with van der Waals surface area (Å²) in [7, 11) is -2.17. The van der Waals surface area contributed by atoms with E-state index in [0.29, 0.717) is 11.1 Å². The molecule has 0 bridgehead atoms. The van der Waals surface area contributed by atoms with E-state index in [1.165, 1.54) is 13.3 Å². The van der Waals surface area contributed by atoms with E-state index in [4.69, 9.17) is 4.74 Å². The first-order chi connectivity index (χ1) is 10.0. The number of para-hydroxylation sites is 1. The third-order valence-electron chi connectivity index (χ3n) is 3.45. The Hall–Kier alpha value is -2.27. The summed E-state index contributed by atoms with van der Waals surface area (Å²) in [5.74, 6) is 0.353. The number of benzene rings is 2. The Morgan fingerprint density at radius 2 is 1.81 bits per heavy atom. The number of aromatic nitrogens is 1. The van der Waals surface area contributed by atoms with Gasteiger partial charge >= 0.3 is 0 Å². The number of H-pyrrole nitrogens is 1. The molecule has 108 valence electrons. The highest BCUT2D eigenvalue weighted by molar-refractivity contribution is 7.91. The van der Waals surface area contributed by atoms with Gasteiger partial charge in [-0.2, -0.15) is 0 Å². The van der Waals surface area contributed by atoms with Crippen LogP contribution in [0.1, 0.15) is 5.56 Å². The number of hydrogen-bond acceptors (Lipinski definition) is 3. The number of hydrogen-bond donors (Lipinski definition) is 1. The van der Waals surface area contributed by atoms with Gasteiger partial charge in [0.1, 0.15) is 10.6 Å². The molecule has 3 rings (SSSR count). The molecule has 0 aliphatic carbocycles. The smallest absolute Gasteiger partial charge is 0.212 e. The van der Waals surface area contributed by atoms with Crippen molar-refractivity contribution < 1.29 is 13.2 Å². The summed E-state index contributed by atoms with van der Waals surface area (Å²) in [6.45, 7) is 1.85. The predicted molar refractivity (Wildman–Crippen MR) is 81.5 cm³/mol. The third-order valence-corrected chi connectivity index (χ3v) is 5.26. The zero-order valence-corrected chi connectivity index (χ0v) is 12.6. The molecule has 0 unspecified atom stereocenters. The number of rotatable bonds is 3. The molecule has 0 amide bonds. The van der Waals surface area contributed by atoms with Gasteiger partial charge in [-0.15, -0.1) is 0 Å². The van der Waals surface area contributed by atoms with E-state index in [0.717, 1.165) is 11.1 Å². The van der Waals surface area contributed by atoms with Crippen LogP contribution in [0.25, 0.3) is 10.9 Å². The fourth-order valence-corrected chi connectivity index (χ4v) is 4.06. The minimum atomic E-state index is -3.64. The van der Waals surface area contributed by atoms with Crippen LogP contribution in [-0.4, -0.2) is 20.5 Å². The molecule has 0 atom stereocenters. The summed E-state index contributed by atoms with van der Waals surface area (Å²) in [4.78, 5) is 3.45. The largest absolute Gasteiger partial charge is 0.495 e. The molecule has 1 aromatic heterocycles. The van der Waals surface area contributed by atoms with Gasteiger partial charge in [-0.1, -0.05) is 24.3 Å². The molecule has 0 spiro atoms. The number of nitrogens with one attached hydrogen (secondary N) is 1. The van der Waals surface area contributed by atoms with E-state index < -0.39 is 9.84 Å². The molecule has 0 fully saturated rings. The minimum Gasteiger partial charge on any atom is -0.495 e. The van der Waals surface area contributed by atoms with E-state index in [-0.39, 0.29) is 9.79 Å². The van der Waals surface area contributed by atoms with Crippen LogP contribution in [-0.2, 0) is 9.84 Å². The number of methoxy groups -OCH3 is 1. The quantitative estimate of drug-likeness (QED) is 0.807. The van der Waals surface area contributed by atoms with E-state index in [1.807, 2.05) is 31.2 Å². The first-order valence-corrected chi connectivity index (χ1v) is 7.98. The Kier molecular flexibility index (Phi) is 3.22. The zero-order valence-electron chi connectivity index (χ0n) is 11.8. The van der Waals surface area contributed by atoms with Crippen LogP contribution in [0, 0.1) is 6.92 Å². The standard InChI is InChI=1S/C16H15NO3S/c1-11-7-8-14(20-2)15(9-11)21(18,19)16-10-17-13-6-4-3-5-12(13)16/h3-10,17H,1-2H3. The topological polar surface area (TPSA) is 59.2 Å². The second-order valence-electron chi connectivity index (χ2n) is 4.86. The average molecular weight is 301 g/mol. The Labute approximate surface area is 123 Å². The Morgan fingerprint density at radius 1 is 1.05 bits per heavy atom. The van der Waals surface area contributed by atoms with Gasteiger partial charge in [0.15, 0.2) is 0 Å². The summed E-state index contributed by atoms with van der Waals surface area (Å²) in [6, 6.07) is 12.5. The molecule has 4 nitrogen and oxygen atoms in total. The number of fused-ring (bicyclic) bond motifs is 1. The number of aromatic amines is 1. The predicted octanol–water partition coefficient (Wildman–Crippen LogP) is 3.32. The van der Waals surface area contributed by atoms with Crippen molar-refractivity contribution in [3.8, 4) is 5.75 Å². The van der Waals surface area contributed by atoms with Crippen molar-refractivity contribution >= 4 is 20.7 Å². The average Bonchev–Trinajstić information content (AvgIpc) is 2.92. The van der Waals surface area contributed by atoms with Gasteiger partial charge in [-0.05, 0) is 30.7 Å². The lowest BCUT2D eigenvalue weighted by atomic mass is 10.2. The molecule has 0 aliphatic heterocycles. The molecule has 0 saturated heterocycles. The molecule has 3 aromatic rings. The Balaban J connectivity index is 2.28. The zero-order chi connectivity index (χ0) is 15.0. The fourth-order valence-electron chi connectivity index (χ4n) is 2.38. The molecule has 0 saturated carbocycles. The van der Waals surface area contributed by atoms with Crippen LogP contribution < -0.4 is 4.74 Å². The summed E-state index contributed by atoms with van der Waals surface area (Å²) in [6.07, 6.45) is 1.53. The molecule has 21 heavy (non-hydrogen) atoms. The maximum absolute atomic E-state index is 12.9. The van der Waals surface area contributed by atoms with Crippen molar-refractivity contribution in [2.75, 3.05) is 7.11 Å². The van der Waals surface area contributed by atoms with Crippen molar-refractivity contribution in [3.05, 3.63) is 54.2 Å². The van der Waals surface area contributed by atoms with E-state index in [1.54, 1.807) is 18.2 Å². The minimum absolute atomic E-state index is 0.190. The van der Waals surface area contributed by atoms with Crippen LogP contribution in [0.5, 0.6) is 5.75 Å². The van der Waals surface area contributed by atoms with Crippen molar-refractivity contribution in [1.82, 2.24) is 4.98 Å². The highest BCUT2D eigenvalue weighted by atomic mass is 32.2. The summed E-state index contributed by atoms with van der Waals surface area (Å²) >= 11 is 0. The summed E-state index contributed by atoms with van der Waals surface area (Å²) < 4.78 is 31.1. The Bertz CT molecular complexity index is 910. The van der Waals surface area contributed by atoms with Crippen molar-refractivity contribution in [3.63, 3.8) is 0 Å². The summed E-state index contributed by atoms with van der Waals surface area (Å²) in [5.41, 5.74) is 1.66. The molecular formula is C16H15NO3S. The SMILES string of the molecule is COc1ccc(C)cc1S(=O)(=O)c1c[nH]c2ccccc12. The summed E-state index contributed by atoms with van der Waals surface area (Å²) in [5, 5.41) is 0.682. The van der Waals surface area contributed by atoms with Gasteiger partial charge in [0.2, 0.25) is 9.84 Å². The van der Waals surface area contributed by atoms with Gasteiger partial charge in [0.25, 0.3) is 0 Å². The molecule has 0 aliphatic rings. The molecule has 2 aromatic carbocycles. The van der Waals surface area contributed by atoms with E-state index in [2.05, 4.69) is 4.98 Å². The van der Waals surface area contributed by atoms with Crippen LogP contribution >= 0.6 is 0 Å². The maximum Gasteiger partial charge on any atom is 0.212 e. The van der Waals surface area contributed by atoms with Gasteiger partial charge in [0.05, 0.1) is 12.0 Å². The first kappa shape index (κ1) is 13.7. The lowest BCUT2D eigenvalue weighted by Crippen LogP contribution is -2.04. The molecule has 1 N–H and O–H groups in total. The van der Waals surface area contributed by atoms with Crippen LogP contribution in [0.3, 0.4) is 0 Å². The van der Waals surface area contributed by atoms with E-state index in [9.17, 15) is 8.42 Å².